The van der Waals surface area contributed by atoms with Crippen LogP contribution < -0.4 is 11.1 Å². The lowest BCUT2D eigenvalue weighted by atomic mass is 9.74. The summed E-state index contributed by atoms with van der Waals surface area (Å²) in [6, 6.07) is 5.67. The molecule has 8 heteroatoms. The summed E-state index contributed by atoms with van der Waals surface area (Å²) in [5.41, 5.74) is 9.59. The van der Waals surface area contributed by atoms with Crippen molar-refractivity contribution in [2.45, 2.75) is 71.4 Å². The Morgan fingerprint density at radius 2 is 2.03 bits per heavy atom. The Bertz CT molecular complexity index is 1050. The van der Waals surface area contributed by atoms with Crippen LogP contribution in [0.2, 0.25) is 0 Å². The average molecular weight is 455 g/mol. The summed E-state index contributed by atoms with van der Waals surface area (Å²) in [5, 5.41) is 17.2. The van der Waals surface area contributed by atoms with Crippen molar-refractivity contribution in [1.82, 2.24) is 9.78 Å². The van der Waals surface area contributed by atoms with Crippen molar-refractivity contribution in [3.8, 4) is 5.69 Å². The van der Waals surface area contributed by atoms with Crippen molar-refractivity contribution >= 4 is 17.4 Å². The average Bonchev–Trinajstić information content (AvgIpc) is 3.12. The molecule has 0 aliphatic heterocycles. The maximum absolute atomic E-state index is 13.0. The Morgan fingerprint density at radius 3 is 2.70 bits per heavy atom. The van der Waals surface area contributed by atoms with Gasteiger partial charge in [-0.15, -0.1) is 0 Å². The second-order valence-corrected chi connectivity index (χ2v) is 9.84. The van der Waals surface area contributed by atoms with E-state index in [1.165, 1.54) is 0 Å². The van der Waals surface area contributed by atoms with Gasteiger partial charge in [-0.2, -0.15) is 5.10 Å². The van der Waals surface area contributed by atoms with Crippen LogP contribution in [0.25, 0.3) is 5.69 Å². The van der Waals surface area contributed by atoms with Gasteiger partial charge < -0.3 is 20.9 Å². The van der Waals surface area contributed by atoms with Crippen molar-refractivity contribution in [2.75, 3.05) is 18.5 Å². The zero-order valence-electron chi connectivity index (χ0n) is 19.7. The number of amides is 1. The summed E-state index contributed by atoms with van der Waals surface area (Å²) in [5.74, 6) is -0.348. The molecule has 2 aliphatic rings. The van der Waals surface area contributed by atoms with Crippen LogP contribution >= 0.6 is 0 Å². The first-order valence-electron chi connectivity index (χ1n) is 11.8. The molecule has 1 saturated carbocycles. The number of benzene rings is 1. The van der Waals surface area contributed by atoms with Gasteiger partial charge in [-0.3, -0.25) is 9.59 Å². The van der Waals surface area contributed by atoms with E-state index in [4.69, 9.17) is 20.7 Å². The number of carbonyl (C=O) groups is 2. The molecule has 1 fully saturated rings. The summed E-state index contributed by atoms with van der Waals surface area (Å²) in [6.07, 6.45) is 5.30. The molecule has 1 heterocycles. The Labute approximate surface area is 194 Å². The second-order valence-electron chi connectivity index (χ2n) is 9.84. The van der Waals surface area contributed by atoms with Crippen LogP contribution in [0.3, 0.4) is 0 Å². The largest absolute Gasteiger partial charge is 0.394 e. The number of Topliss-reactive ketones (excluding diaryl/α,β-unsaturated/α-hetero) is 1. The van der Waals surface area contributed by atoms with Gasteiger partial charge in [0.1, 0.15) is 0 Å². The molecule has 2 aliphatic carbocycles. The highest BCUT2D eigenvalue weighted by molar-refractivity contribution is 6.03. The number of aromatic nitrogens is 2. The molecule has 0 bridgehead atoms. The van der Waals surface area contributed by atoms with Gasteiger partial charge in [-0.1, -0.05) is 13.8 Å². The van der Waals surface area contributed by atoms with Gasteiger partial charge >= 0.3 is 0 Å². The second kappa shape index (κ2) is 9.27. The van der Waals surface area contributed by atoms with E-state index in [0.29, 0.717) is 17.9 Å². The fourth-order valence-electron chi connectivity index (χ4n) is 5.01. The fourth-order valence-corrected chi connectivity index (χ4v) is 5.01. The van der Waals surface area contributed by atoms with Gasteiger partial charge in [-0.25, -0.2) is 4.68 Å². The van der Waals surface area contributed by atoms with Gasteiger partial charge in [0.15, 0.2) is 5.78 Å². The number of fused-ring (bicyclic) bond motifs is 1. The molecule has 1 amide bonds. The lowest BCUT2D eigenvalue weighted by molar-refractivity contribution is 0.00722. The van der Waals surface area contributed by atoms with Gasteiger partial charge in [0.2, 0.25) is 0 Å². The predicted molar refractivity (Wildman–Crippen MR) is 126 cm³/mol. The van der Waals surface area contributed by atoms with Crippen molar-refractivity contribution in [2.24, 2.45) is 11.1 Å². The molecule has 1 aromatic heterocycles. The number of nitrogens with one attached hydrogen (secondary N) is 1. The normalized spacial score (nSPS) is 22.1. The first-order chi connectivity index (χ1) is 15.7. The molecule has 0 radical (unpaired) electrons. The van der Waals surface area contributed by atoms with Crippen LogP contribution in [0.15, 0.2) is 18.2 Å². The van der Waals surface area contributed by atoms with E-state index in [1.807, 2.05) is 37.6 Å². The van der Waals surface area contributed by atoms with E-state index in [9.17, 15) is 9.59 Å². The third kappa shape index (κ3) is 4.68. The lowest BCUT2D eigenvalue weighted by Gasteiger charge is -2.30. The molecule has 178 valence electrons. The molecule has 8 nitrogen and oxygen atoms in total. The number of rotatable bonds is 7. The Hall–Kier alpha value is -2.71. The minimum absolute atomic E-state index is 0.0344. The van der Waals surface area contributed by atoms with Gasteiger partial charge in [0, 0.05) is 17.1 Å². The number of ether oxygens (including phenoxy) is 1. The summed E-state index contributed by atoms with van der Waals surface area (Å²) >= 11 is 0. The fraction of sp³-hybridized carbons (Fsp3) is 0.560. The van der Waals surface area contributed by atoms with E-state index in [-0.39, 0.29) is 30.0 Å². The molecule has 0 unspecified atom stereocenters. The number of aliphatic hydroxyl groups excluding tert-OH is 1. The number of carbonyl (C=O) groups excluding carboxylic acids is 2. The Kier molecular flexibility index (Phi) is 6.59. The number of ketones is 1. The Morgan fingerprint density at radius 1 is 1.30 bits per heavy atom. The highest BCUT2D eigenvalue weighted by Gasteiger charge is 2.38. The molecule has 0 saturated heterocycles. The maximum atomic E-state index is 13.0. The molecule has 2 aromatic rings. The summed E-state index contributed by atoms with van der Waals surface area (Å²) in [6.45, 7) is 6.25. The van der Waals surface area contributed by atoms with E-state index < -0.39 is 5.91 Å². The number of primary amides is 1. The number of aryl methyl sites for hydroxylation is 1. The van der Waals surface area contributed by atoms with Gasteiger partial charge in [0.05, 0.1) is 47.5 Å². The smallest absolute Gasteiger partial charge is 0.250 e. The molecule has 0 atom stereocenters. The molecule has 33 heavy (non-hydrogen) atoms. The SMILES string of the molecule is Cc1nn(-c2ccc(C(N)=O)c(NC3CCC(OCCO)CC3)c2)c2c1C(=O)C(C)(C)CC2. The van der Waals surface area contributed by atoms with Gasteiger partial charge in [0.25, 0.3) is 5.91 Å². The minimum Gasteiger partial charge on any atom is -0.394 e. The van der Waals surface area contributed by atoms with Crippen molar-refractivity contribution in [3.63, 3.8) is 0 Å². The maximum Gasteiger partial charge on any atom is 0.250 e. The molecule has 4 rings (SSSR count). The highest BCUT2D eigenvalue weighted by atomic mass is 16.5. The number of aliphatic hydroxyl groups is 1. The first kappa shape index (κ1) is 23.4. The predicted octanol–water partition coefficient (Wildman–Crippen LogP) is 3.17. The third-order valence-electron chi connectivity index (χ3n) is 6.98. The zero-order valence-corrected chi connectivity index (χ0v) is 19.7. The Balaban J connectivity index is 1.60. The van der Waals surface area contributed by atoms with Crippen LogP contribution in [0.1, 0.15) is 78.1 Å². The third-order valence-corrected chi connectivity index (χ3v) is 6.98. The van der Waals surface area contributed by atoms with Crippen LogP contribution in [0.4, 0.5) is 5.69 Å². The molecule has 0 spiro atoms. The van der Waals surface area contributed by atoms with Crippen LogP contribution in [-0.4, -0.2) is 51.9 Å². The van der Waals surface area contributed by atoms with E-state index in [0.717, 1.165) is 61.2 Å². The standard InChI is InChI=1S/C25H34N4O4/c1-15-22-21(10-11-25(2,3)23(22)31)29(28-15)17-6-9-19(24(26)32)20(14-17)27-16-4-7-18(8-5-16)33-13-12-30/h6,9,14,16,18,27,30H,4-5,7-8,10-13H2,1-3H3,(H2,26,32). The zero-order chi connectivity index (χ0) is 23.8. The van der Waals surface area contributed by atoms with Gasteiger partial charge in [-0.05, 0) is 63.6 Å². The van der Waals surface area contributed by atoms with Crippen molar-refractivity contribution < 1.29 is 19.4 Å². The van der Waals surface area contributed by atoms with Crippen LogP contribution in [0, 0.1) is 12.3 Å². The number of nitrogens with zero attached hydrogens (tertiary/aromatic N) is 2. The first-order valence-corrected chi connectivity index (χ1v) is 11.8. The van der Waals surface area contributed by atoms with E-state index >= 15 is 0 Å². The monoisotopic (exact) mass is 454 g/mol. The highest BCUT2D eigenvalue weighted by Crippen LogP contribution is 2.37. The minimum atomic E-state index is -0.486. The molecular formula is C25H34N4O4. The molecule has 1 aromatic carbocycles. The van der Waals surface area contributed by atoms with E-state index in [2.05, 4.69) is 5.32 Å². The summed E-state index contributed by atoms with van der Waals surface area (Å²) < 4.78 is 7.50. The summed E-state index contributed by atoms with van der Waals surface area (Å²) in [7, 11) is 0. The van der Waals surface area contributed by atoms with Crippen molar-refractivity contribution in [3.05, 3.63) is 40.7 Å². The number of nitrogens with two attached hydrogens (primary N) is 1. The quantitative estimate of drug-likeness (QED) is 0.591. The number of hydrogen-bond acceptors (Lipinski definition) is 6. The summed E-state index contributed by atoms with van der Waals surface area (Å²) in [4.78, 5) is 25.1. The number of hydrogen-bond donors (Lipinski definition) is 3. The van der Waals surface area contributed by atoms with Crippen molar-refractivity contribution in [1.29, 1.82) is 0 Å². The van der Waals surface area contributed by atoms with E-state index in [1.54, 1.807) is 6.07 Å². The molecular weight excluding hydrogens is 420 g/mol. The lowest BCUT2D eigenvalue weighted by Crippen LogP contribution is -2.31. The van der Waals surface area contributed by atoms with Crippen LogP contribution in [-0.2, 0) is 11.2 Å². The molecule has 4 N–H and O–H groups in total. The number of anilines is 1. The topological polar surface area (TPSA) is 119 Å². The van der Waals surface area contributed by atoms with Crippen LogP contribution in [0.5, 0.6) is 0 Å².